The molecule has 5 heteroatoms. The second-order valence-electron chi connectivity index (χ2n) is 3.73. The lowest BCUT2D eigenvalue weighted by atomic mass is 10.1. The van der Waals surface area contributed by atoms with Gasteiger partial charge in [-0.15, -0.1) is 0 Å². The third-order valence-electron chi connectivity index (χ3n) is 2.31. The fourth-order valence-corrected chi connectivity index (χ4v) is 1.02. The van der Waals surface area contributed by atoms with Crippen molar-refractivity contribution < 1.29 is 10.2 Å². The molecule has 1 rings (SSSR count). The lowest BCUT2D eigenvalue weighted by molar-refractivity contribution is 0.102. The zero-order valence-corrected chi connectivity index (χ0v) is 8.56. The van der Waals surface area contributed by atoms with Crippen LogP contribution in [0.1, 0.15) is 12.6 Å². The molecule has 0 aliphatic carbocycles. The molecule has 0 fully saturated rings. The van der Waals surface area contributed by atoms with E-state index in [1.807, 2.05) is 11.6 Å². The molecule has 0 unspecified atom stereocenters. The van der Waals surface area contributed by atoms with Gasteiger partial charge in [0.1, 0.15) is 0 Å². The molecule has 0 bridgehead atoms. The van der Waals surface area contributed by atoms with Crippen molar-refractivity contribution in [1.29, 1.82) is 0 Å². The van der Waals surface area contributed by atoms with Crippen molar-refractivity contribution in [1.82, 2.24) is 14.9 Å². The summed E-state index contributed by atoms with van der Waals surface area (Å²) in [5, 5.41) is 21.2. The smallest absolute Gasteiger partial charge is 0.0945 e. The van der Waals surface area contributed by atoms with Gasteiger partial charge >= 0.3 is 0 Å². The molecule has 5 nitrogen and oxygen atoms in total. The van der Waals surface area contributed by atoms with Crippen LogP contribution in [0.25, 0.3) is 0 Å². The number of nitrogens with one attached hydrogen (secondary N) is 1. The minimum Gasteiger partial charge on any atom is -0.394 e. The van der Waals surface area contributed by atoms with Crippen LogP contribution in [0.4, 0.5) is 0 Å². The quantitative estimate of drug-likeness (QED) is 0.584. The van der Waals surface area contributed by atoms with Crippen LogP contribution in [0.15, 0.2) is 12.5 Å². The maximum atomic E-state index is 9.04. The predicted molar refractivity (Wildman–Crippen MR) is 52.6 cm³/mol. The van der Waals surface area contributed by atoms with Gasteiger partial charge < -0.3 is 20.1 Å². The molecule has 1 aromatic rings. The summed E-state index contributed by atoms with van der Waals surface area (Å²) in [5.41, 5.74) is 0.378. The van der Waals surface area contributed by atoms with Gasteiger partial charge in [-0.25, -0.2) is 4.98 Å². The summed E-state index contributed by atoms with van der Waals surface area (Å²) in [6.45, 7) is 2.15. The van der Waals surface area contributed by atoms with Crippen molar-refractivity contribution in [2.24, 2.45) is 7.05 Å². The number of imidazole rings is 1. The van der Waals surface area contributed by atoms with E-state index in [4.69, 9.17) is 10.2 Å². The molecule has 0 aliphatic rings. The van der Waals surface area contributed by atoms with Crippen molar-refractivity contribution >= 4 is 0 Å². The average Bonchev–Trinajstić information content (AvgIpc) is 2.61. The van der Waals surface area contributed by atoms with Crippen LogP contribution in [0.3, 0.4) is 0 Å². The Bertz CT molecular complexity index is 281. The van der Waals surface area contributed by atoms with Gasteiger partial charge in [0, 0.05) is 19.8 Å². The maximum absolute atomic E-state index is 9.04. The average molecular weight is 199 g/mol. The fraction of sp³-hybridized carbons (Fsp3) is 0.667. The Kier molecular flexibility index (Phi) is 3.62. The van der Waals surface area contributed by atoms with Crippen LogP contribution < -0.4 is 5.32 Å². The molecule has 0 radical (unpaired) electrons. The molecule has 14 heavy (non-hydrogen) atoms. The summed E-state index contributed by atoms with van der Waals surface area (Å²) < 4.78 is 1.89. The fourth-order valence-electron chi connectivity index (χ4n) is 1.02. The predicted octanol–water partition coefficient (Wildman–Crippen LogP) is -0.747. The van der Waals surface area contributed by atoms with E-state index in [0.717, 1.165) is 5.69 Å². The van der Waals surface area contributed by atoms with Crippen LogP contribution >= 0.6 is 0 Å². The Morgan fingerprint density at radius 2 is 2.14 bits per heavy atom. The molecule has 0 saturated heterocycles. The third-order valence-corrected chi connectivity index (χ3v) is 2.31. The van der Waals surface area contributed by atoms with Crippen molar-refractivity contribution in [2.45, 2.75) is 19.0 Å². The first-order valence-electron chi connectivity index (χ1n) is 4.53. The zero-order valence-electron chi connectivity index (χ0n) is 8.56. The monoisotopic (exact) mass is 199 g/mol. The second-order valence-corrected chi connectivity index (χ2v) is 3.73. The van der Waals surface area contributed by atoms with Gasteiger partial charge in [-0.3, -0.25) is 0 Å². The van der Waals surface area contributed by atoms with Gasteiger partial charge in [0.15, 0.2) is 0 Å². The third kappa shape index (κ3) is 2.54. The van der Waals surface area contributed by atoms with E-state index in [1.165, 1.54) is 0 Å². The molecule has 0 aromatic carbocycles. The number of hydrogen-bond donors (Lipinski definition) is 3. The van der Waals surface area contributed by atoms with Crippen molar-refractivity contribution in [2.75, 3.05) is 13.2 Å². The Balaban J connectivity index is 2.52. The number of aromatic nitrogens is 2. The molecule has 0 atom stereocenters. The lowest BCUT2D eigenvalue weighted by Crippen LogP contribution is -2.48. The van der Waals surface area contributed by atoms with Gasteiger partial charge in [0.2, 0.25) is 0 Å². The van der Waals surface area contributed by atoms with E-state index in [9.17, 15) is 0 Å². The van der Waals surface area contributed by atoms with Gasteiger partial charge in [-0.05, 0) is 6.92 Å². The van der Waals surface area contributed by atoms with Crippen LogP contribution in [0.5, 0.6) is 0 Å². The highest BCUT2D eigenvalue weighted by atomic mass is 16.3. The van der Waals surface area contributed by atoms with Crippen LogP contribution in [0, 0.1) is 0 Å². The molecule has 0 spiro atoms. The first-order chi connectivity index (χ1) is 6.61. The summed E-state index contributed by atoms with van der Waals surface area (Å²) in [6, 6.07) is 0. The van der Waals surface area contributed by atoms with Gasteiger partial charge in [0.25, 0.3) is 0 Å². The number of aliphatic hydroxyl groups excluding tert-OH is 2. The van der Waals surface area contributed by atoms with Crippen molar-refractivity contribution in [3.05, 3.63) is 18.2 Å². The van der Waals surface area contributed by atoms with Gasteiger partial charge in [-0.1, -0.05) is 0 Å². The summed E-state index contributed by atoms with van der Waals surface area (Å²) in [4.78, 5) is 3.97. The SMILES string of the molecule is Cn1cncc1CNC(C)(CO)CO. The Morgan fingerprint density at radius 3 is 2.57 bits per heavy atom. The number of hydrogen-bond acceptors (Lipinski definition) is 4. The van der Waals surface area contributed by atoms with E-state index in [1.54, 1.807) is 19.4 Å². The van der Waals surface area contributed by atoms with Crippen LogP contribution in [-0.4, -0.2) is 38.5 Å². The molecular weight excluding hydrogens is 182 g/mol. The zero-order chi connectivity index (χ0) is 10.6. The van der Waals surface area contributed by atoms with E-state index < -0.39 is 5.54 Å². The van der Waals surface area contributed by atoms with Crippen LogP contribution in [0.2, 0.25) is 0 Å². The normalized spacial score (nSPS) is 12.0. The van der Waals surface area contributed by atoms with Gasteiger partial charge in [-0.2, -0.15) is 0 Å². The van der Waals surface area contributed by atoms with Gasteiger partial charge in [0.05, 0.1) is 30.8 Å². The summed E-state index contributed by atoms with van der Waals surface area (Å²) in [5.74, 6) is 0. The minimum atomic E-state index is -0.635. The highest BCUT2D eigenvalue weighted by molar-refractivity contribution is 4.98. The first kappa shape index (κ1) is 11.2. The second kappa shape index (κ2) is 4.54. The molecule has 0 saturated carbocycles. The largest absolute Gasteiger partial charge is 0.394 e. The summed E-state index contributed by atoms with van der Waals surface area (Å²) in [7, 11) is 1.90. The first-order valence-corrected chi connectivity index (χ1v) is 4.53. The molecule has 1 heterocycles. The molecule has 80 valence electrons. The van der Waals surface area contributed by atoms with Crippen molar-refractivity contribution in [3.63, 3.8) is 0 Å². The molecule has 0 amide bonds. The van der Waals surface area contributed by atoms with E-state index >= 15 is 0 Å². The number of rotatable bonds is 5. The Labute approximate surface area is 83.4 Å². The number of aryl methyl sites for hydroxylation is 1. The summed E-state index contributed by atoms with van der Waals surface area (Å²) >= 11 is 0. The van der Waals surface area contributed by atoms with E-state index in [-0.39, 0.29) is 13.2 Å². The standard InChI is InChI=1S/C9H17N3O2/c1-9(5-13,6-14)11-4-8-3-10-7-12(8)2/h3,7,11,13-14H,4-6H2,1-2H3. The van der Waals surface area contributed by atoms with Crippen LogP contribution in [-0.2, 0) is 13.6 Å². The Hall–Kier alpha value is -0.910. The summed E-state index contributed by atoms with van der Waals surface area (Å²) in [6.07, 6.45) is 3.47. The highest BCUT2D eigenvalue weighted by Crippen LogP contribution is 2.03. The topological polar surface area (TPSA) is 70.3 Å². The highest BCUT2D eigenvalue weighted by Gasteiger charge is 2.21. The molecule has 3 N–H and O–H groups in total. The molecule has 0 aliphatic heterocycles. The number of nitrogens with zero attached hydrogens (tertiary/aromatic N) is 2. The Morgan fingerprint density at radius 1 is 1.50 bits per heavy atom. The van der Waals surface area contributed by atoms with Crippen molar-refractivity contribution in [3.8, 4) is 0 Å². The number of aliphatic hydroxyl groups is 2. The van der Waals surface area contributed by atoms with E-state index in [2.05, 4.69) is 10.3 Å². The minimum absolute atomic E-state index is 0.0959. The maximum Gasteiger partial charge on any atom is 0.0945 e. The molecule has 1 aromatic heterocycles. The lowest BCUT2D eigenvalue weighted by Gasteiger charge is -2.26. The molecular formula is C9H17N3O2. The van der Waals surface area contributed by atoms with E-state index in [0.29, 0.717) is 6.54 Å².